The molecule has 2 aromatic rings. The van der Waals surface area contributed by atoms with Gasteiger partial charge < -0.3 is 10.0 Å². The Morgan fingerprint density at radius 2 is 1.83 bits per heavy atom. The van der Waals surface area contributed by atoms with Crippen LogP contribution in [0.1, 0.15) is 48.9 Å². The Bertz CT molecular complexity index is 709. The van der Waals surface area contributed by atoms with Gasteiger partial charge in [-0.15, -0.1) is 0 Å². The molecule has 1 amide bonds. The number of benzene rings is 2. The molecule has 126 valence electrons. The normalized spacial score (nSPS) is 20.0. The van der Waals surface area contributed by atoms with Gasteiger partial charge in [0.05, 0.1) is 18.1 Å². The molecule has 3 rings (SSSR count). The molecule has 0 radical (unpaired) electrons. The van der Waals surface area contributed by atoms with Crippen molar-refractivity contribution < 1.29 is 9.90 Å². The predicted molar refractivity (Wildman–Crippen MR) is 95.5 cm³/mol. The Morgan fingerprint density at radius 3 is 2.54 bits per heavy atom. The minimum atomic E-state index is -1.14. The lowest BCUT2D eigenvalue weighted by atomic mass is 9.91. The summed E-state index contributed by atoms with van der Waals surface area (Å²) in [6.07, 6.45) is 2.11. The molecule has 0 bridgehead atoms. The van der Waals surface area contributed by atoms with Crippen molar-refractivity contribution in [1.82, 2.24) is 4.90 Å². The largest absolute Gasteiger partial charge is 0.385 e. The van der Waals surface area contributed by atoms with Gasteiger partial charge in [-0.05, 0) is 43.4 Å². The quantitative estimate of drug-likeness (QED) is 0.925. The topological polar surface area (TPSA) is 40.5 Å². The zero-order valence-electron chi connectivity index (χ0n) is 14.4. The maximum atomic E-state index is 12.9. The van der Waals surface area contributed by atoms with E-state index in [1.807, 2.05) is 47.4 Å². The molecule has 24 heavy (non-hydrogen) atoms. The second-order valence-electron chi connectivity index (χ2n) is 6.92. The van der Waals surface area contributed by atoms with E-state index >= 15 is 0 Å². The maximum Gasteiger partial charge on any atom is 0.226 e. The summed E-state index contributed by atoms with van der Waals surface area (Å²) in [5, 5.41) is 10.8. The van der Waals surface area contributed by atoms with Crippen molar-refractivity contribution in [3.05, 3.63) is 71.3 Å². The smallest absolute Gasteiger partial charge is 0.226 e. The zero-order valence-corrected chi connectivity index (χ0v) is 14.4. The standard InChI is InChI=1S/C21H25NO2/c1-16-9-6-7-12-18(16)19-13-8-14-22(19)20(23)15-21(2,24)17-10-4-3-5-11-17/h3-7,9-12,19,24H,8,13-15H2,1-2H3. The molecule has 1 saturated heterocycles. The summed E-state index contributed by atoms with van der Waals surface area (Å²) in [5.74, 6) is 0.0228. The highest BCUT2D eigenvalue weighted by Crippen LogP contribution is 2.35. The third-order valence-corrected chi connectivity index (χ3v) is 5.01. The molecule has 1 N–H and O–H groups in total. The van der Waals surface area contributed by atoms with E-state index in [9.17, 15) is 9.90 Å². The first-order valence-corrected chi connectivity index (χ1v) is 8.62. The molecule has 0 spiro atoms. The van der Waals surface area contributed by atoms with Crippen molar-refractivity contribution in [1.29, 1.82) is 0 Å². The maximum absolute atomic E-state index is 12.9. The molecule has 1 fully saturated rings. The highest BCUT2D eigenvalue weighted by atomic mass is 16.3. The van der Waals surface area contributed by atoms with Gasteiger partial charge in [0.2, 0.25) is 5.91 Å². The van der Waals surface area contributed by atoms with Gasteiger partial charge in [0.15, 0.2) is 0 Å². The van der Waals surface area contributed by atoms with Crippen molar-refractivity contribution in [3.63, 3.8) is 0 Å². The van der Waals surface area contributed by atoms with Gasteiger partial charge in [0.1, 0.15) is 0 Å². The minimum absolute atomic E-state index is 0.0228. The molecular weight excluding hydrogens is 298 g/mol. The summed E-state index contributed by atoms with van der Waals surface area (Å²) in [6, 6.07) is 17.8. The average Bonchev–Trinajstić information content (AvgIpc) is 3.05. The number of carbonyl (C=O) groups excluding carboxylic acids is 1. The van der Waals surface area contributed by atoms with Gasteiger partial charge in [-0.1, -0.05) is 54.6 Å². The molecule has 2 aromatic carbocycles. The fourth-order valence-corrected chi connectivity index (χ4v) is 3.64. The summed E-state index contributed by atoms with van der Waals surface area (Å²) in [5.41, 5.74) is 2.08. The van der Waals surface area contributed by atoms with Crippen molar-refractivity contribution in [2.45, 2.75) is 44.8 Å². The predicted octanol–water partition coefficient (Wildman–Crippen LogP) is 3.96. The highest BCUT2D eigenvalue weighted by molar-refractivity contribution is 5.78. The molecule has 1 aliphatic rings. The molecule has 3 nitrogen and oxygen atoms in total. The average molecular weight is 323 g/mol. The summed E-state index contributed by atoms with van der Waals surface area (Å²) in [4.78, 5) is 14.8. The molecule has 0 aliphatic carbocycles. The van der Waals surface area contributed by atoms with Gasteiger partial charge >= 0.3 is 0 Å². The number of hydrogen-bond donors (Lipinski definition) is 1. The Kier molecular flexibility index (Phi) is 4.72. The first-order valence-electron chi connectivity index (χ1n) is 8.62. The monoisotopic (exact) mass is 323 g/mol. The fourth-order valence-electron chi connectivity index (χ4n) is 3.64. The zero-order chi connectivity index (χ0) is 17.2. The molecule has 1 heterocycles. The Balaban J connectivity index is 1.78. The fraction of sp³-hybridized carbons (Fsp3) is 0.381. The number of hydrogen-bond acceptors (Lipinski definition) is 2. The Labute approximate surface area is 143 Å². The van der Waals surface area contributed by atoms with E-state index < -0.39 is 5.60 Å². The second kappa shape index (κ2) is 6.78. The van der Waals surface area contributed by atoms with Crippen molar-refractivity contribution in [2.75, 3.05) is 6.54 Å². The number of rotatable bonds is 4. The number of aliphatic hydroxyl groups is 1. The van der Waals surface area contributed by atoms with E-state index in [4.69, 9.17) is 0 Å². The van der Waals surface area contributed by atoms with Gasteiger partial charge in [-0.3, -0.25) is 4.79 Å². The van der Waals surface area contributed by atoms with Crippen LogP contribution in [0, 0.1) is 6.92 Å². The molecule has 2 atom stereocenters. The lowest BCUT2D eigenvalue weighted by molar-refractivity contribution is -0.137. The molecule has 2 unspecified atom stereocenters. The number of carbonyl (C=O) groups is 1. The van der Waals surface area contributed by atoms with E-state index in [1.165, 1.54) is 11.1 Å². The Hall–Kier alpha value is -2.13. The van der Waals surface area contributed by atoms with Gasteiger partial charge in [-0.2, -0.15) is 0 Å². The third-order valence-electron chi connectivity index (χ3n) is 5.01. The first kappa shape index (κ1) is 16.7. The lowest BCUT2D eigenvalue weighted by Gasteiger charge is -2.30. The number of amides is 1. The van der Waals surface area contributed by atoms with Crippen molar-refractivity contribution in [2.24, 2.45) is 0 Å². The molecule has 1 aliphatic heterocycles. The molecule has 0 saturated carbocycles. The van der Waals surface area contributed by atoms with E-state index in [2.05, 4.69) is 19.1 Å². The SMILES string of the molecule is Cc1ccccc1C1CCCN1C(=O)CC(C)(O)c1ccccc1. The van der Waals surface area contributed by atoms with Crippen LogP contribution in [0.5, 0.6) is 0 Å². The van der Waals surface area contributed by atoms with Crippen molar-refractivity contribution in [3.8, 4) is 0 Å². The van der Waals surface area contributed by atoms with Gasteiger partial charge in [0.25, 0.3) is 0 Å². The van der Waals surface area contributed by atoms with Crippen LogP contribution in [0.4, 0.5) is 0 Å². The van der Waals surface area contributed by atoms with E-state index in [0.29, 0.717) is 0 Å². The lowest BCUT2D eigenvalue weighted by Crippen LogP contribution is -2.36. The van der Waals surface area contributed by atoms with Crippen LogP contribution in [-0.2, 0) is 10.4 Å². The van der Waals surface area contributed by atoms with Gasteiger partial charge in [0, 0.05) is 6.54 Å². The van der Waals surface area contributed by atoms with Crippen LogP contribution < -0.4 is 0 Å². The van der Waals surface area contributed by atoms with Crippen LogP contribution in [0.3, 0.4) is 0 Å². The number of likely N-dealkylation sites (tertiary alicyclic amines) is 1. The van der Waals surface area contributed by atoms with Crippen LogP contribution in [0.15, 0.2) is 54.6 Å². The van der Waals surface area contributed by atoms with Crippen LogP contribution in [0.25, 0.3) is 0 Å². The highest BCUT2D eigenvalue weighted by Gasteiger charge is 2.35. The second-order valence-corrected chi connectivity index (χ2v) is 6.92. The van der Waals surface area contributed by atoms with Crippen molar-refractivity contribution >= 4 is 5.91 Å². The van der Waals surface area contributed by atoms with E-state index in [0.717, 1.165) is 24.9 Å². The number of aryl methyl sites for hydroxylation is 1. The first-order chi connectivity index (χ1) is 11.5. The van der Waals surface area contributed by atoms with Gasteiger partial charge in [-0.25, -0.2) is 0 Å². The summed E-state index contributed by atoms with van der Waals surface area (Å²) in [7, 11) is 0. The summed E-state index contributed by atoms with van der Waals surface area (Å²) < 4.78 is 0. The molecule has 0 aromatic heterocycles. The van der Waals surface area contributed by atoms with Crippen LogP contribution in [0.2, 0.25) is 0 Å². The number of nitrogens with zero attached hydrogens (tertiary/aromatic N) is 1. The minimum Gasteiger partial charge on any atom is -0.385 e. The summed E-state index contributed by atoms with van der Waals surface area (Å²) >= 11 is 0. The van der Waals surface area contributed by atoms with E-state index in [1.54, 1.807) is 6.92 Å². The Morgan fingerprint density at radius 1 is 1.17 bits per heavy atom. The van der Waals surface area contributed by atoms with Crippen LogP contribution >= 0.6 is 0 Å². The molecular formula is C21H25NO2. The summed E-state index contributed by atoms with van der Waals surface area (Å²) in [6.45, 7) is 4.58. The molecule has 3 heteroatoms. The van der Waals surface area contributed by atoms with Crippen LogP contribution in [-0.4, -0.2) is 22.5 Å². The third kappa shape index (κ3) is 3.36. The van der Waals surface area contributed by atoms with E-state index in [-0.39, 0.29) is 18.4 Å².